The standard InChI is InChI=1S/C22H29NO5S/c1-26-20-14-22(28-3)21(27-2)13-18(20)15-23-29(24,25)19-11-9-17(10-12-19)16-7-5-4-6-8-16/h9-14,16,23H,4-8,15H2,1-3H3. The van der Waals surface area contributed by atoms with Crippen molar-refractivity contribution in [2.75, 3.05) is 21.3 Å². The second-order valence-electron chi connectivity index (χ2n) is 7.25. The largest absolute Gasteiger partial charge is 0.496 e. The first-order chi connectivity index (χ1) is 14.0. The van der Waals surface area contributed by atoms with Crippen LogP contribution in [0.3, 0.4) is 0 Å². The van der Waals surface area contributed by atoms with Crippen molar-refractivity contribution in [2.24, 2.45) is 0 Å². The molecule has 3 rings (SSSR count). The quantitative estimate of drug-likeness (QED) is 0.693. The van der Waals surface area contributed by atoms with E-state index < -0.39 is 10.0 Å². The van der Waals surface area contributed by atoms with E-state index in [0.717, 1.165) is 0 Å². The van der Waals surface area contributed by atoms with Crippen molar-refractivity contribution in [2.45, 2.75) is 49.5 Å². The molecule has 29 heavy (non-hydrogen) atoms. The van der Waals surface area contributed by atoms with Crippen LogP contribution in [0.1, 0.15) is 49.1 Å². The summed E-state index contributed by atoms with van der Waals surface area (Å²) in [5.74, 6) is 2.11. The van der Waals surface area contributed by atoms with Crippen molar-refractivity contribution in [3.63, 3.8) is 0 Å². The highest BCUT2D eigenvalue weighted by Crippen LogP contribution is 2.35. The molecule has 2 aromatic carbocycles. The van der Waals surface area contributed by atoms with Gasteiger partial charge in [0.25, 0.3) is 0 Å². The summed E-state index contributed by atoms with van der Waals surface area (Å²) in [6.45, 7) is 0.0796. The van der Waals surface area contributed by atoms with E-state index in [2.05, 4.69) is 4.72 Å². The molecular weight excluding hydrogens is 390 g/mol. The van der Waals surface area contributed by atoms with E-state index in [1.54, 1.807) is 24.3 Å². The van der Waals surface area contributed by atoms with E-state index in [1.165, 1.54) is 59.0 Å². The number of sulfonamides is 1. The van der Waals surface area contributed by atoms with Crippen LogP contribution < -0.4 is 18.9 Å². The summed E-state index contributed by atoms with van der Waals surface area (Å²) in [6, 6.07) is 10.7. The molecule has 0 amide bonds. The van der Waals surface area contributed by atoms with Gasteiger partial charge < -0.3 is 14.2 Å². The Morgan fingerprint density at radius 1 is 0.862 bits per heavy atom. The van der Waals surface area contributed by atoms with Crippen LogP contribution in [0.15, 0.2) is 41.3 Å². The molecule has 0 heterocycles. The zero-order valence-electron chi connectivity index (χ0n) is 17.2. The van der Waals surface area contributed by atoms with Crippen LogP contribution in [0.2, 0.25) is 0 Å². The van der Waals surface area contributed by atoms with Crippen LogP contribution in [0.5, 0.6) is 17.2 Å². The van der Waals surface area contributed by atoms with Gasteiger partial charge in [-0.1, -0.05) is 31.4 Å². The number of ether oxygens (including phenoxy) is 3. The molecule has 0 radical (unpaired) electrons. The van der Waals surface area contributed by atoms with E-state index in [1.807, 2.05) is 12.1 Å². The van der Waals surface area contributed by atoms with Gasteiger partial charge in [-0.25, -0.2) is 13.1 Å². The second kappa shape index (κ2) is 9.50. The molecule has 0 saturated heterocycles. The van der Waals surface area contributed by atoms with Crippen LogP contribution in [-0.4, -0.2) is 29.7 Å². The first-order valence-corrected chi connectivity index (χ1v) is 11.4. The fourth-order valence-electron chi connectivity index (χ4n) is 3.84. The van der Waals surface area contributed by atoms with Gasteiger partial charge in [-0.3, -0.25) is 0 Å². The average molecular weight is 420 g/mol. The normalized spacial score (nSPS) is 15.1. The Labute approximate surface area is 173 Å². The first-order valence-electron chi connectivity index (χ1n) is 9.87. The number of benzene rings is 2. The zero-order valence-corrected chi connectivity index (χ0v) is 18.1. The van der Waals surface area contributed by atoms with Crippen LogP contribution in [0.25, 0.3) is 0 Å². The van der Waals surface area contributed by atoms with Gasteiger partial charge in [0.15, 0.2) is 11.5 Å². The minimum atomic E-state index is -3.64. The molecule has 0 bridgehead atoms. The molecular formula is C22H29NO5S. The van der Waals surface area contributed by atoms with Gasteiger partial charge in [-0.2, -0.15) is 0 Å². The molecule has 0 atom stereocenters. The fourth-order valence-corrected chi connectivity index (χ4v) is 4.85. The van der Waals surface area contributed by atoms with Gasteiger partial charge >= 0.3 is 0 Å². The van der Waals surface area contributed by atoms with E-state index in [9.17, 15) is 8.42 Å². The number of rotatable bonds is 8. The Kier molecular flexibility index (Phi) is 7.03. The van der Waals surface area contributed by atoms with Gasteiger partial charge in [0.05, 0.1) is 26.2 Å². The minimum Gasteiger partial charge on any atom is -0.496 e. The SMILES string of the molecule is COc1cc(OC)c(OC)cc1CNS(=O)(=O)c1ccc(C2CCCCC2)cc1. The van der Waals surface area contributed by atoms with Crippen LogP contribution >= 0.6 is 0 Å². The summed E-state index contributed by atoms with van der Waals surface area (Å²) in [4.78, 5) is 0.261. The van der Waals surface area contributed by atoms with Crippen molar-refractivity contribution in [1.29, 1.82) is 0 Å². The molecule has 0 aromatic heterocycles. The molecule has 1 N–H and O–H groups in total. The smallest absolute Gasteiger partial charge is 0.240 e. The van der Waals surface area contributed by atoms with E-state index >= 15 is 0 Å². The molecule has 1 aliphatic carbocycles. The molecule has 0 aliphatic heterocycles. The topological polar surface area (TPSA) is 73.9 Å². The summed E-state index contributed by atoms with van der Waals surface area (Å²) in [6.07, 6.45) is 6.16. The Morgan fingerprint density at radius 3 is 2.03 bits per heavy atom. The van der Waals surface area contributed by atoms with E-state index in [0.29, 0.717) is 28.7 Å². The summed E-state index contributed by atoms with van der Waals surface area (Å²) < 4.78 is 44.1. The lowest BCUT2D eigenvalue weighted by Crippen LogP contribution is -2.23. The predicted molar refractivity (Wildman–Crippen MR) is 112 cm³/mol. The van der Waals surface area contributed by atoms with Crippen molar-refractivity contribution in [3.05, 3.63) is 47.5 Å². The zero-order chi connectivity index (χ0) is 20.9. The van der Waals surface area contributed by atoms with Crippen molar-refractivity contribution in [1.82, 2.24) is 4.72 Å². The Bertz CT molecular complexity index is 919. The molecule has 1 fully saturated rings. The third-order valence-electron chi connectivity index (χ3n) is 5.51. The molecule has 7 heteroatoms. The highest BCUT2D eigenvalue weighted by Gasteiger charge is 2.19. The summed E-state index contributed by atoms with van der Waals surface area (Å²) in [5.41, 5.74) is 1.89. The minimum absolute atomic E-state index is 0.0796. The van der Waals surface area contributed by atoms with Crippen molar-refractivity contribution < 1.29 is 22.6 Å². The van der Waals surface area contributed by atoms with Crippen LogP contribution in [-0.2, 0) is 16.6 Å². The Hall–Kier alpha value is -2.25. The Balaban J connectivity index is 1.74. The Morgan fingerprint density at radius 2 is 1.45 bits per heavy atom. The molecule has 1 saturated carbocycles. The lowest BCUT2D eigenvalue weighted by atomic mass is 9.84. The van der Waals surface area contributed by atoms with Gasteiger partial charge in [0.2, 0.25) is 10.0 Å². The lowest BCUT2D eigenvalue weighted by Gasteiger charge is -2.22. The van der Waals surface area contributed by atoms with Crippen LogP contribution in [0.4, 0.5) is 0 Å². The predicted octanol–water partition coefficient (Wildman–Crippen LogP) is 4.24. The maximum atomic E-state index is 12.8. The van der Waals surface area contributed by atoms with Crippen LogP contribution in [0, 0.1) is 0 Å². The average Bonchev–Trinajstić information content (AvgIpc) is 2.77. The highest BCUT2D eigenvalue weighted by molar-refractivity contribution is 7.89. The van der Waals surface area contributed by atoms with E-state index in [4.69, 9.17) is 14.2 Å². The second-order valence-corrected chi connectivity index (χ2v) is 9.01. The number of nitrogens with one attached hydrogen (secondary N) is 1. The first kappa shape index (κ1) is 21.5. The molecule has 6 nitrogen and oxygen atoms in total. The van der Waals surface area contributed by atoms with E-state index in [-0.39, 0.29) is 11.4 Å². The van der Waals surface area contributed by atoms with Crippen molar-refractivity contribution >= 4 is 10.0 Å². The molecule has 1 aliphatic rings. The van der Waals surface area contributed by atoms with Gasteiger partial charge in [0, 0.05) is 18.2 Å². The van der Waals surface area contributed by atoms with Gasteiger partial charge in [-0.15, -0.1) is 0 Å². The maximum absolute atomic E-state index is 12.8. The third-order valence-corrected chi connectivity index (χ3v) is 6.92. The summed E-state index contributed by atoms with van der Waals surface area (Å²) >= 11 is 0. The number of hydrogen-bond donors (Lipinski definition) is 1. The van der Waals surface area contributed by atoms with Gasteiger partial charge in [0.1, 0.15) is 5.75 Å². The number of methoxy groups -OCH3 is 3. The molecule has 0 spiro atoms. The van der Waals surface area contributed by atoms with Gasteiger partial charge in [-0.05, 0) is 42.5 Å². The van der Waals surface area contributed by atoms with Crippen molar-refractivity contribution in [3.8, 4) is 17.2 Å². The lowest BCUT2D eigenvalue weighted by molar-refractivity contribution is 0.347. The highest BCUT2D eigenvalue weighted by atomic mass is 32.2. The maximum Gasteiger partial charge on any atom is 0.240 e. The summed E-state index contributed by atoms with van der Waals surface area (Å²) in [7, 11) is 0.959. The third kappa shape index (κ3) is 5.03. The molecule has 0 unspecified atom stereocenters. The fraction of sp³-hybridized carbons (Fsp3) is 0.455. The monoisotopic (exact) mass is 419 g/mol. The molecule has 2 aromatic rings. The molecule has 158 valence electrons. The number of hydrogen-bond acceptors (Lipinski definition) is 5. The summed E-state index contributed by atoms with van der Waals surface area (Å²) in [5, 5.41) is 0.